The predicted molar refractivity (Wildman–Crippen MR) is 95.4 cm³/mol. The van der Waals surface area contributed by atoms with Crippen molar-refractivity contribution in [2.45, 2.75) is 5.81 Å². The van der Waals surface area contributed by atoms with E-state index < -0.39 is 11.3 Å². The van der Waals surface area contributed by atoms with Gasteiger partial charge in [0.25, 0.3) is 5.91 Å². The Hall–Kier alpha value is -0.360. The average molecular weight is 534 g/mol. The van der Waals surface area contributed by atoms with E-state index in [9.17, 15) is 13.2 Å². The molecule has 1 heterocycles. The molecule has 0 atom stereocenters. The number of benzene rings is 1. The summed E-state index contributed by atoms with van der Waals surface area (Å²) >= 11 is 9.87. The summed E-state index contributed by atoms with van der Waals surface area (Å²) in [4.78, 5) is 11.5. The highest BCUT2D eigenvalue weighted by molar-refractivity contribution is 9.42. The summed E-state index contributed by atoms with van der Waals surface area (Å²) in [5.74, 6) is -0.199. The number of amides is 1. The van der Waals surface area contributed by atoms with Crippen molar-refractivity contribution in [2.75, 3.05) is 7.05 Å². The van der Waals surface area contributed by atoms with Crippen molar-refractivity contribution < 1.29 is 13.2 Å². The second kappa shape index (κ2) is 6.63. The van der Waals surface area contributed by atoms with Crippen molar-refractivity contribution in [3.63, 3.8) is 0 Å². The minimum Gasteiger partial charge on any atom is -0.355 e. The molecule has 1 aromatic carbocycles. The van der Waals surface area contributed by atoms with Crippen LogP contribution in [0.2, 0.25) is 0 Å². The van der Waals surface area contributed by atoms with Crippen molar-refractivity contribution in [1.29, 1.82) is 0 Å². The van der Waals surface area contributed by atoms with Crippen LogP contribution in [0.25, 0.3) is 10.6 Å². The second-order valence-corrected chi connectivity index (χ2v) is 15.6. The van der Waals surface area contributed by atoms with Gasteiger partial charge in [-0.25, -0.2) is 8.42 Å². The van der Waals surface area contributed by atoms with Gasteiger partial charge in [-0.05, 0) is 59.9 Å². The third-order valence-corrected chi connectivity index (χ3v) is 9.22. The Bertz CT molecular complexity index is 798. The number of rotatable bonds is 3. The lowest BCUT2D eigenvalue weighted by molar-refractivity contribution is 0.0963. The Balaban J connectivity index is 2.35. The first-order chi connectivity index (χ1) is 10.2. The molecule has 0 spiro atoms. The van der Waals surface area contributed by atoms with Crippen LogP contribution in [0, 0.1) is 0 Å². The normalized spacial score (nSPS) is 12.2. The number of hydrogen-bond acceptors (Lipinski definition) is 6. The Labute approximate surface area is 156 Å². The van der Waals surface area contributed by atoms with Gasteiger partial charge in [0, 0.05) is 18.2 Å². The number of sulfone groups is 1. The molecule has 118 valence electrons. The standard InChI is InChI=1S/C11H8Br3N3O3S2/c1-15-8(18)6-2-4-7(5-3-6)9-16-17-10(21-9)22(19,20)11(12,13)14/h2-5H,1H3,(H,15,18). The van der Waals surface area contributed by atoms with E-state index in [0.717, 1.165) is 11.3 Å². The summed E-state index contributed by atoms with van der Waals surface area (Å²) in [6, 6.07) is 6.64. The SMILES string of the molecule is CNC(=O)c1ccc(-c2nnc(S(=O)(=O)C(Br)(Br)Br)s2)cc1. The zero-order chi connectivity index (χ0) is 16.5. The smallest absolute Gasteiger partial charge is 0.251 e. The molecule has 2 rings (SSSR count). The Morgan fingerprint density at radius 3 is 2.27 bits per heavy atom. The zero-order valence-electron chi connectivity index (χ0n) is 10.9. The molecule has 0 fully saturated rings. The van der Waals surface area contributed by atoms with Crippen LogP contribution in [0.1, 0.15) is 10.4 Å². The van der Waals surface area contributed by atoms with Gasteiger partial charge in [-0.15, -0.1) is 10.2 Å². The third kappa shape index (κ3) is 3.58. The molecule has 0 saturated heterocycles. The fourth-order valence-electron chi connectivity index (χ4n) is 1.44. The summed E-state index contributed by atoms with van der Waals surface area (Å²) < 4.78 is 22.8. The molecule has 0 aliphatic heterocycles. The first-order valence-corrected chi connectivity index (χ1v) is 10.3. The number of alkyl halides is 3. The molecule has 2 aromatic rings. The van der Waals surface area contributed by atoms with Crippen LogP contribution in [0.3, 0.4) is 0 Å². The molecule has 1 aromatic heterocycles. The molecule has 0 radical (unpaired) electrons. The summed E-state index contributed by atoms with van der Waals surface area (Å²) in [6.45, 7) is 0. The number of nitrogens with one attached hydrogen (secondary N) is 1. The summed E-state index contributed by atoms with van der Waals surface area (Å²) in [7, 11) is -2.21. The maximum Gasteiger partial charge on any atom is 0.251 e. The molecule has 22 heavy (non-hydrogen) atoms. The van der Waals surface area contributed by atoms with E-state index >= 15 is 0 Å². The fraction of sp³-hybridized carbons (Fsp3) is 0.182. The van der Waals surface area contributed by atoms with Crippen molar-refractivity contribution in [2.24, 2.45) is 0 Å². The summed E-state index contributed by atoms with van der Waals surface area (Å²) in [5, 5.41) is 10.6. The van der Waals surface area contributed by atoms with E-state index in [1.165, 1.54) is 0 Å². The lowest BCUT2D eigenvalue weighted by Crippen LogP contribution is -2.17. The molecule has 11 heteroatoms. The van der Waals surface area contributed by atoms with Gasteiger partial charge in [0.1, 0.15) is 5.01 Å². The van der Waals surface area contributed by atoms with Gasteiger partial charge in [-0.3, -0.25) is 4.79 Å². The molecule has 0 aliphatic rings. The van der Waals surface area contributed by atoms with Crippen LogP contribution >= 0.6 is 59.1 Å². The van der Waals surface area contributed by atoms with E-state index in [1.54, 1.807) is 31.3 Å². The second-order valence-electron chi connectivity index (χ2n) is 3.98. The van der Waals surface area contributed by atoms with Gasteiger partial charge in [-0.2, -0.15) is 0 Å². The summed E-state index contributed by atoms with van der Waals surface area (Å²) in [6.07, 6.45) is 0. The number of hydrogen-bond donors (Lipinski definition) is 1. The zero-order valence-corrected chi connectivity index (χ0v) is 17.3. The van der Waals surface area contributed by atoms with E-state index in [0.29, 0.717) is 16.1 Å². The molecule has 6 nitrogen and oxygen atoms in total. The number of aromatic nitrogens is 2. The van der Waals surface area contributed by atoms with Gasteiger partial charge in [-0.1, -0.05) is 23.5 Å². The highest BCUT2D eigenvalue weighted by atomic mass is 80.0. The topological polar surface area (TPSA) is 89.0 Å². The van der Waals surface area contributed by atoms with E-state index in [-0.39, 0.29) is 10.2 Å². The predicted octanol–water partition coefficient (Wildman–Crippen LogP) is 3.13. The lowest BCUT2D eigenvalue weighted by Gasteiger charge is -2.09. The molecule has 0 unspecified atom stereocenters. The van der Waals surface area contributed by atoms with Crippen LogP contribution in [-0.2, 0) is 9.84 Å². The highest BCUT2D eigenvalue weighted by Crippen LogP contribution is 2.44. The van der Waals surface area contributed by atoms with Crippen molar-refractivity contribution in [3.8, 4) is 10.6 Å². The average Bonchev–Trinajstić information content (AvgIpc) is 2.96. The van der Waals surface area contributed by atoms with Crippen LogP contribution in [0.15, 0.2) is 28.6 Å². The van der Waals surface area contributed by atoms with Crippen molar-refractivity contribution in [1.82, 2.24) is 15.5 Å². The first kappa shape index (κ1) is 18.0. The van der Waals surface area contributed by atoms with Crippen LogP contribution in [-0.4, -0.2) is 33.0 Å². The summed E-state index contributed by atoms with van der Waals surface area (Å²) in [5.41, 5.74) is 1.18. The van der Waals surface area contributed by atoms with Crippen molar-refractivity contribution in [3.05, 3.63) is 29.8 Å². The monoisotopic (exact) mass is 531 g/mol. The van der Waals surface area contributed by atoms with Gasteiger partial charge < -0.3 is 5.32 Å². The Kier molecular flexibility index (Phi) is 5.42. The maximum atomic E-state index is 12.2. The quantitative estimate of drug-likeness (QED) is 0.612. The van der Waals surface area contributed by atoms with Crippen molar-refractivity contribution >= 4 is 74.9 Å². The molecule has 1 amide bonds. The van der Waals surface area contributed by atoms with E-state index in [2.05, 4.69) is 63.3 Å². The third-order valence-electron chi connectivity index (χ3n) is 2.56. The van der Waals surface area contributed by atoms with Gasteiger partial charge >= 0.3 is 0 Å². The molecular formula is C11H8Br3N3O3S2. The lowest BCUT2D eigenvalue weighted by atomic mass is 10.1. The largest absolute Gasteiger partial charge is 0.355 e. The maximum absolute atomic E-state index is 12.2. The minimum absolute atomic E-state index is 0.136. The Morgan fingerprint density at radius 2 is 1.77 bits per heavy atom. The van der Waals surface area contributed by atoms with Gasteiger partial charge in [0.2, 0.25) is 15.7 Å². The van der Waals surface area contributed by atoms with E-state index in [4.69, 9.17) is 0 Å². The van der Waals surface area contributed by atoms with Gasteiger partial charge in [0.05, 0.1) is 0 Å². The minimum atomic E-state index is -3.76. The van der Waals surface area contributed by atoms with Gasteiger partial charge in [0.15, 0.2) is 0 Å². The fourth-order valence-corrected chi connectivity index (χ4v) is 5.77. The molecule has 1 N–H and O–H groups in total. The number of halogens is 3. The molecule has 0 aliphatic carbocycles. The Morgan fingerprint density at radius 1 is 1.18 bits per heavy atom. The van der Waals surface area contributed by atoms with E-state index in [1.807, 2.05) is 0 Å². The first-order valence-electron chi connectivity index (χ1n) is 5.64. The van der Waals surface area contributed by atoms with Crippen LogP contribution < -0.4 is 5.32 Å². The molecular weight excluding hydrogens is 526 g/mol. The highest BCUT2D eigenvalue weighted by Gasteiger charge is 2.40. The van der Waals surface area contributed by atoms with Crippen LogP contribution in [0.4, 0.5) is 0 Å². The van der Waals surface area contributed by atoms with Crippen LogP contribution in [0.5, 0.6) is 0 Å². The number of carbonyl (C=O) groups excluding carboxylic acids is 1. The number of nitrogens with zero attached hydrogens (tertiary/aromatic N) is 2. The number of carbonyl (C=O) groups is 1. The molecule has 0 saturated carbocycles. The molecule has 0 bridgehead atoms.